The van der Waals surface area contributed by atoms with Crippen LogP contribution in [0.2, 0.25) is 0 Å². The number of fused-ring (bicyclic) bond motifs is 1. The zero-order valence-corrected chi connectivity index (χ0v) is 13.5. The van der Waals surface area contributed by atoms with Crippen molar-refractivity contribution in [2.45, 2.75) is 38.3 Å². The van der Waals surface area contributed by atoms with Crippen molar-refractivity contribution in [1.29, 1.82) is 0 Å². The molecule has 0 aliphatic carbocycles. The summed E-state index contributed by atoms with van der Waals surface area (Å²) in [6.07, 6.45) is 3.32. The highest BCUT2D eigenvalue weighted by molar-refractivity contribution is 7.10. The highest BCUT2D eigenvalue weighted by Gasteiger charge is 2.25. The van der Waals surface area contributed by atoms with Crippen molar-refractivity contribution in [1.82, 2.24) is 4.90 Å². The van der Waals surface area contributed by atoms with Gasteiger partial charge in [0.05, 0.1) is 0 Å². The van der Waals surface area contributed by atoms with Gasteiger partial charge in [0.15, 0.2) is 0 Å². The molecule has 21 heavy (non-hydrogen) atoms. The molecule has 0 spiro atoms. The van der Waals surface area contributed by atoms with Crippen molar-refractivity contribution in [3.05, 3.63) is 57.8 Å². The number of hydrogen-bond donors (Lipinski definition) is 1. The Balaban J connectivity index is 1.52. The van der Waals surface area contributed by atoms with Crippen LogP contribution in [0.25, 0.3) is 0 Å². The first-order valence-corrected chi connectivity index (χ1v) is 8.72. The number of nitrogens with two attached hydrogens (primary N) is 1. The largest absolute Gasteiger partial charge is 0.327 e. The Kier molecular flexibility index (Phi) is 4.73. The van der Waals surface area contributed by atoms with Crippen molar-refractivity contribution < 1.29 is 0 Å². The van der Waals surface area contributed by atoms with Crippen molar-refractivity contribution >= 4 is 11.3 Å². The Morgan fingerprint density at radius 2 is 2.10 bits per heavy atom. The van der Waals surface area contributed by atoms with Gasteiger partial charge in [0, 0.05) is 30.1 Å². The minimum Gasteiger partial charge on any atom is -0.327 e. The van der Waals surface area contributed by atoms with Gasteiger partial charge in [0.25, 0.3) is 0 Å². The number of thiophene rings is 1. The molecule has 1 aromatic heterocycles. The SMILES string of the molecule is CC1c2ccsc2CCN1CC(N)CCc1ccccc1. The van der Waals surface area contributed by atoms with Crippen LogP contribution in [0, 0.1) is 0 Å². The molecular formula is C18H24N2S. The van der Waals surface area contributed by atoms with E-state index in [9.17, 15) is 0 Å². The molecule has 0 radical (unpaired) electrons. The summed E-state index contributed by atoms with van der Waals surface area (Å²) in [6, 6.07) is 13.7. The monoisotopic (exact) mass is 300 g/mol. The van der Waals surface area contributed by atoms with Gasteiger partial charge in [0.1, 0.15) is 0 Å². The third-order valence-corrected chi connectivity index (χ3v) is 5.52. The van der Waals surface area contributed by atoms with Crippen LogP contribution in [0.5, 0.6) is 0 Å². The molecule has 2 heterocycles. The van der Waals surface area contributed by atoms with E-state index in [1.54, 1.807) is 4.88 Å². The molecule has 2 nitrogen and oxygen atoms in total. The van der Waals surface area contributed by atoms with Gasteiger partial charge in [-0.1, -0.05) is 30.3 Å². The van der Waals surface area contributed by atoms with Gasteiger partial charge in [-0.25, -0.2) is 0 Å². The molecule has 2 N–H and O–H groups in total. The van der Waals surface area contributed by atoms with E-state index in [-0.39, 0.29) is 6.04 Å². The minimum absolute atomic E-state index is 0.257. The summed E-state index contributed by atoms with van der Waals surface area (Å²) in [5.74, 6) is 0. The first kappa shape index (κ1) is 14.8. The van der Waals surface area contributed by atoms with Crippen LogP contribution >= 0.6 is 11.3 Å². The zero-order valence-electron chi connectivity index (χ0n) is 12.7. The Morgan fingerprint density at radius 1 is 1.29 bits per heavy atom. The van der Waals surface area contributed by atoms with E-state index in [1.165, 1.54) is 17.5 Å². The van der Waals surface area contributed by atoms with E-state index in [1.807, 2.05) is 11.3 Å². The molecule has 3 heteroatoms. The first-order chi connectivity index (χ1) is 10.2. The van der Waals surface area contributed by atoms with Gasteiger partial charge in [-0.05, 0) is 48.8 Å². The molecule has 2 aromatic rings. The highest BCUT2D eigenvalue weighted by Crippen LogP contribution is 2.32. The lowest BCUT2D eigenvalue weighted by Gasteiger charge is -2.35. The molecule has 2 atom stereocenters. The fraction of sp³-hybridized carbons (Fsp3) is 0.444. The fourth-order valence-electron chi connectivity index (χ4n) is 3.20. The van der Waals surface area contributed by atoms with Gasteiger partial charge in [-0.2, -0.15) is 0 Å². The summed E-state index contributed by atoms with van der Waals surface area (Å²) < 4.78 is 0. The molecule has 1 aliphatic heterocycles. The second-order valence-electron chi connectivity index (χ2n) is 6.00. The van der Waals surface area contributed by atoms with Gasteiger partial charge >= 0.3 is 0 Å². The van der Waals surface area contributed by atoms with E-state index in [4.69, 9.17) is 5.73 Å². The number of nitrogens with zero attached hydrogens (tertiary/aromatic N) is 1. The molecule has 0 bridgehead atoms. The summed E-state index contributed by atoms with van der Waals surface area (Å²) in [7, 11) is 0. The fourth-order valence-corrected chi connectivity index (χ4v) is 4.16. The van der Waals surface area contributed by atoms with Crippen molar-refractivity contribution in [2.24, 2.45) is 5.73 Å². The van der Waals surface area contributed by atoms with Gasteiger partial charge < -0.3 is 5.73 Å². The maximum absolute atomic E-state index is 6.37. The van der Waals surface area contributed by atoms with Crippen LogP contribution in [-0.2, 0) is 12.8 Å². The second-order valence-corrected chi connectivity index (χ2v) is 7.01. The van der Waals surface area contributed by atoms with Crippen LogP contribution in [0.15, 0.2) is 41.8 Å². The molecule has 0 amide bonds. The summed E-state index contributed by atoms with van der Waals surface area (Å²) in [5, 5.41) is 2.22. The summed E-state index contributed by atoms with van der Waals surface area (Å²) in [6.45, 7) is 4.46. The maximum atomic E-state index is 6.37. The number of hydrogen-bond acceptors (Lipinski definition) is 3. The molecule has 0 fully saturated rings. The van der Waals surface area contributed by atoms with Crippen LogP contribution < -0.4 is 5.73 Å². The van der Waals surface area contributed by atoms with Crippen molar-refractivity contribution in [3.8, 4) is 0 Å². The molecule has 1 aromatic carbocycles. The van der Waals surface area contributed by atoms with E-state index in [2.05, 4.69) is 53.6 Å². The maximum Gasteiger partial charge on any atom is 0.0331 e. The van der Waals surface area contributed by atoms with Crippen LogP contribution in [-0.4, -0.2) is 24.0 Å². The van der Waals surface area contributed by atoms with Crippen molar-refractivity contribution in [2.75, 3.05) is 13.1 Å². The Morgan fingerprint density at radius 3 is 2.90 bits per heavy atom. The average Bonchev–Trinajstić information content (AvgIpc) is 2.98. The smallest absolute Gasteiger partial charge is 0.0331 e. The van der Waals surface area contributed by atoms with Crippen LogP contribution in [0.3, 0.4) is 0 Å². The van der Waals surface area contributed by atoms with E-state index in [0.717, 1.165) is 25.9 Å². The third kappa shape index (κ3) is 3.54. The third-order valence-electron chi connectivity index (χ3n) is 4.52. The lowest BCUT2D eigenvalue weighted by Crippen LogP contribution is -2.42. The van der Waals surface area contributed by atoms with E-state index < -0.39 is 0 Å². The van der Waals surface area contributed by atoms with Gasteiger partial charge in [-0.3, -0.25) is 4.90 Å². The van der Waals surface area contributed by atoms with Gasteiger partial charge in [0.2, 0.25) is 0 Å². The summed E-state index contributed by atoms with van der Waals surface area (Å²) in [4.78, 5) is 4.11. The minimum atomic E-state index is 0.257. The molecule has 112 valence electrons. The summed E-state index contributed by atoms with van der Waals surface area (Å²) >= 11 is 1.90. The predicted octanol–water partition coefficient (Wildman–Crippen LogP) is 3.63. The molecule has 2 unspecified atom stereocenters. The lowest BCUT2D eigenvalue weighted by molar-refractivity contribution is 0.185. The summed E-state index contributed by atoms with van der Waals surface area (Å²) in [5.41, 5.74) is 9.27. The first-order valence-electron chi connectivity index (χ1n) is 7.84. The Bertz CT molecular complexity index is 564. The zero-order chi connectivity index (χ0) is 14.7. The quantitative estimate of drug-likeness (QED) is 0.913. The standard InChI is InChI=1S/C18H24N2S/c1-14-17-10-12-21-18(17)9-11-20(14)13-16(19)8-7-15-5-3-2-4-6-15/h2-6,10,12,14,16H,7-9,11,13,19H2,1H3. The average molecular weight is 300 g/mol. The number of benzene rings is 1. The molecular weight excluding hydrogens is 276 g/mol. The topological polar surface area (TPSA) is 29.3 Å². The Labute approximate surface area is 131 Å². The number of aryl methyl sites for hydroxylation is 1. The molecule has 3 rings (SSSR count). The van der Waals surface area contributed by atoms with Crippen molar-refractivity contribution in [3.63, 3.8) is 0 Å². The second kappa shape index (κ2) is 6.73. The van der Waals surface area contributed by atoms with Crippen LogP contribution in [0.1, 0.15) is 35.4 Å². The van der Waals surface area contributed by atoms with Crippen LogP contribution in [0.4, 0.5) is 0 Å². The molecule has 1 aliphatic rings. The molecule has 0 saturated carbocycles. The van der Waals surface area contributed by atoms with E-state index in [0.29, 0.717) is 6.04 Å². The molecule has 0 saturated heterocycles. The predicted molar refractivity (Wildman–Crippen MR) is 90.7 cm³/mol. The normalized spacial score (nSPS) is 20.2. The van der Waals surface area contributed by atoms with E-state index >= 15 is 0 Å². The highest BCUT2D eigenvalue weighted by atomic mass is 32.1. The Hall–Kier alpha value is -1.16. The van der Waals surface area contributed by atoms with Gasteiger partial charge in [-0.15, -0.1) is 11.3 Å². The number of rotatable bonds is 5. The lowest BCUT2D eigenvalue weighted by atomic mass is 9.99.